The van der Waals surface area contributed by atoms with Crippen LogP contribution in [0.25, 0.3) is 0 Å². The maximum Gasteiger partial charge on any atom is 0.322 e. The number of rotatable bonds is 2. The summed E-state index contributed by atoms with van der Waals surface area (Å²) in [5.74, 6) is 0. The fourth-order valence-electron chi connectivity index (χ4n) is 0.867. The van der Waals surface area contributed by atoms with Crippen LogP contribution in [0.3, 0.4) is 0 Å². The van der Waals surface area contributed by atoms with Gasteiger partial charge in [-0.2, -0.15) is 9.97 Å². The van der Waals surface area contributed by atoms with Gasteiger partial charge >= 0.3 is 12.0 Å². The van der Waals surface area contributed by atoms with E-state index in [4.69, 9.17) is 46.1 Å². The molecule has 0 bridgehead atoms. The standard InChI is InChI=1S/C5H7N3O2.C3H3N3S3/c1-9-4-6-3-7-5(8-4)10-2;7-1-4-2(8)6-3(9)5-1/h3H,1-2H3;(H3,4,5,6,7,8,9). The molecule has 2 rings (SSSR count). The first-order valence-electron chi connectivity index (χ1n) is 4.75. The number of H-pyrrole nitrogens is 3. The molecule has 2 aromatic rings. The molecule has 2 heterocycles. The first-order chi connectivity index (χ1) is 9.05. The van der Waals surface area contributed by atoms with Gasteiger partial charge in [-0.25, -0.2) is 0 Å². The Labute approximate surface area is 123 Å². The molecule has 0 aliphatic rings. The Hall–Kier alpha value is -1.72. The van der Waals surface area contributed by atoms with Gasteiger partial charge in [0.2, 0.25) is 0 Å². The minimum Gasteiger partial charge on any atom is -0.467 e. The molecular weight excluding hydrogens is 308 g/mol. The smallest absolute Gasteiger partial charge is 0.322 e. The van der Waals surface area contributed by atoms with Gasteiger partial charge in [0.25, 0.3) is 0 Å². The molecule has 11 heteroatoms. The summed E-state index contributed by atoms with van der Waals surface area (Å²) in [5, 5.41) is 0. The van der Waals surface area contributed by atoms with E-state index in [0.29, 0.717) is 14.3 Å². The summed E-state index contributed by atoms with van der Waals surface area (Å²) < 4.78 is 10.8. The zero-order valence-electron chi connectivity index (χ0n) is 9.96. The largest absolute Gasteiger partial charge is 0.467 e. The monoisotopic (exact) mass is 318 g/mol. The van der Waals surface area contributed by atoms with Crippen LogP contribution >= 0.6 is 36.7 Å². The average molecular weight is 318 g/mol. The second kappa shape index (κ2) is 7.66. The van der Waals surface area contributed by atoms with Crippen LogP contribution in [-0.4, -0.2) is 44.1 Å². The van der Waals surface area contributed by atoms with Crippen LogP contribution in [0.4, 0.5) is 0 Å². The summed E-state index contributed by atoms with van der Waals surface area (Å²) in [7, 11) is 2.96. The first-order valence-corrected chi connectivity index (χ1v) is 5.97. The van der Waals surface area contributed by atoms with E-state index >= 15 is 0 Å². The molecule has 102 valence electrons. The van der Waals surface area contributed by atoms with Crippen molar-refractivity contribution < 1.29 is 9.47 Å². The first kappa shape index (κ1) is 15.3. The summed E-state index contributed by atoms with van der Waals surface area (Å²) in [5.41, 5.74) is 0. The molecular formula is C8H10N6O2S3. The predicted octanol–water partition coefficient (Wildman–Crippen LogP) is 1.75. The summed E-state index contributed by atoms with van der Waals surface area (Å²) >= 11 is 14.2. The molecule has 0 fully saturated rings. The number of methoxy groups -OCH3 is 2. The molecule has 0 aliphatic carbocycles. The van der Waals surface area contributed by atoms with Gasteiger partial charge in [-0.05, 0) is 36.7 Å². The van der Waals surface area contributed by atoms with E-state index in [9.17, 15) is 0 Å². The number of ether oxygens (including phenoxy) is 2. The van der Waals surface area contributed by atoms with Gasteiger partial charge in [-0.15, -0.1) is 4.98 Å². The topological polar surface area (TPSA) is 104 Å². The lowest BCUT2D eigenvalue weighted by Gasteiger charge is -1.97. The Morgan fingerprint density at radius 2 is 1.21 bits per heavy atom. The predicted molar refractivity (Wildman–Crippen MR) is 74.9 cm³/mol. The van der Waals surface area contributed by atoms with Crippen molar-refractivity contribution in [2.24, 2.45) is 0 Å². The minimum absolute atomic E-state index is 0.256. The molecule has 0 atom stereocenters. The zero-order chi connectivity index (χ0) is 14.3. The number of aromatic nitrogens is 6. The van der Waals surface area contributed by atoms with Gasteiger partial charge in [0.15, 0.2) is 14.3 Å². The highest BCUT2D eigenvalue weighted by Crippen LogP contribution is 2.03. The average Bonchev–Trinajstić information content (AvgIpc) is 2.38. The molecule has 0 saturated carbocycles. The maximum absolute atomic E-state index is 4.72. The van der Waals surface area contributed by atoms with Gasteiger partial charge in [0.1, 0.15) is 6.33 Å². The summed E-state index contributed by atoms with van der Waals surface area (Å²) in [6, 6.07) is 0.513. The lowest BCUT2D eigenvalue weighted by Crippen LogP contribution is -1.96. The van der Waals surface area contributed by atoms with Gasteiger partial charge in [0.05, 0.1) is 14.2 Å². The number of aromatic amines is 3. The highest BCUT2D eigenvalue weighted by atomic mass is 32.1. The second-order valence-corrected chi connectivity index (χ2v) is 4.05. The van der Waals surface area contributed by atoms with Crippen LogP contribution in [-0.2, 0) is 0 Å². The van der Waals surface area contributed by atoms with Crippen molar-refractivity contribution in [2.45, 2.75) is 0 Å². The molecule has 8 nitrogen and oxygen atoms in total. The quantitative estimate of drug-likeness (QED) is 0.719. The maximum atomic E-state index is 4.72. The molecule has 0 aliphatic heterocycles. The second-order valence-electron chi connectivity index (χ2n) is 2.82. The van der Waals surface area contributed by atoms with Crippen LogP contribution in [0.2, 0.25) is 0 Å². The minimum atomic E-state index is 0.256. The summed E-state index contributed by atoms with van der Waals surface area (Å²) in [6.07, 6.45) is 1.32. The van der Waals surface area contributed by atoms with Gasteiger partial charge in [-0.1, -0.05) is 0 Å². The Bertz CT molecular complexity index is 596. The normalized spacial score (nSPS) is 9.16. The fraction of sp³-hybridized carbons (Fsp3) is 0.250. The third-order valence-corrected chi connectivity index (χ3v) is 2.19. The molecule has 0 unspecified atom stereocenters. The molecule has 0 saturated heterocycles. The Balaban J connectivity index is 0.000000191. The Kier molecular flexibility index (Phi) is 6.18. The highest BCUT2D eigenvalue weighted by Gasteiger charge is 1.96. The lowest BCUT2D eigenvalue weighted by molar-refractivity contribution is 0.339. The van der Waals surface area contributed by atoms with Crippen LogP contribution in [0.1, 0.15) is 0 Å². The summed E-state index contributed by atoms with van der Waals surface area (Å²) in [4.78, 5) is 19.1. The van der Waals surface area contributed by atoms with Crippen molar-refractivity contribution >= 4 is 36.7 Å². The molecule has 2 aromatic heterocycles. The van der Waals surface area contributed by atoms with Gasteiger partial charge in [-0.3, -0.25) is 0 Å². The molecule has 19 heavy (non-hydrogen) atoms. The van der Waals surface area contributed by atoms with E-state index in [2.05, 4.69) is 29.9 Å². The highest BCUT2D eigenvalue weighted by molar-refractivity contribution is 7.72. The molecule has 0 radical (unpaired) electrons. The number of nitrogens with zero attached hydrogens (tertiary/aromatic N) is 3. The van der Waals surface area contributed by atoms with E-state index in [1.54, 1.807) is 0 Å². The number of hydrogen-bond donors (Lipinski definition) is 3. The van der Waals surface area contributed by atoms with E-state index in [0.717, 1.165) is 0 Å². The lowest BCUT2D eigenvalue weighted by atomic mass is 11.0. The van der Waals surface area contributed by atoms with Crippen molar-refractivity contribution in [3.05, 3.63) is 20.6 Å². The fourth-order valence-corrected chi connectivity index (χ4v) is 1.67. The van der Waals surface area contributed by atoms with E-state index in [1.807, 2.05) is 0 Å². The van der Waals surface area contributed by atoms with Crippen molar-refractivity contribution in [1.29, 1.82) is 0 Å². The van der Waals surface area contributed by atoms with Crippen molar-refractivity contribution in [3.63, 3.8) is 0 Å². The molecule has 0 spiro atoms. The molecule has 0 amide bonds. The third kappa shape index (κ3) is 5.63. The zero-order valence-corrected chi connectivity index (χ0v) is 12.4. The molecule has 3 N–H and O–H groups in total. The summed E-state index contributed by atoms with van der Waals surface area (Å²) in [6.45, 7) is 0. The number of hydrogen-bond acceptors (Lipinski definition) is 8. The van der Waals surface area contributed by atoms with Crippen molar-refractivity contribution in [1.82, 2.24) is 29.9 Å². The van der Waals surface area contributed by atoms with E-state index < -0.39 is 0 Å². The SMILES string of the molecule is COc1ncnc(OC)n1.S=c1[nH]c(=S)[nH]c(=S)[nH]1. The Morgan fingerprint density at radius 3 is 1.53 bits per heavy atom. The van der Waals surface area contributed by atoms with Crippen LogP contribution in [0.5, 0.6) is 12.0 Å². The van der Waals surface area contributed by atoms with Crippen molar-refractivity contribution in [3.8, 4) is 12.0 Å². The van der Waals surface area contributed by atoms with Crippen molar-refractivity contribution in [2.75, 3.05) is 14.2 Å². The van der Waals surface area contributed by atoms with Gasteiger partial charge in [0, 0.05) is 0 Å². The van der Waals surface area contributed by atoms with Gasteiger partial charge < -0.3 is 24.4 Å². The molecule has 0 aromatic carbocycles. The number of nitrogens with one attached hydrogen (secondary N) is 3. The Morgan fingerprint density at radius 1 is 0.842 bits per heavy atom. The van der Waals surface area contributed by atoms with Crippen LogP contribution < -0.4 is 9.47 Å². The van der Waals surface area contributed by atoms with E-state index in [1.165, 1.54) is 20.5 Å². The van der Waals surface area contributed by atoms with E-state index in [-0.39, 0.29) is 12.0 Å². The van der Waals surface area contributed by atoms with Crippen LogP contribution in [0.15, 0.2) is 6.33 Å². The third-order valence-electron chi connectivity index (χ3n) is 1.57. The van der Waals surface area contributed by atoms with Crippen LogP contribution in [0, 0.1) is 14.3 Å².